The van der Waals surface area contributed by atoms with Crippen molar-refractivity contribution in [3.8, 4) is 0 Å². The van der Waals surface area contributed by atoms with Crippen LogP contribution in [0.4, 0.5) is 0 Å². The molecule has 7 nitrogen and oxygen atoms in total. The Morgan fingerprint density at radius 3 is 2.57 bits per heavy atom. The van der Waals surface area contributed by atoms with Crippen LogP contribution in [0.5, 0.6) is 0 Å². The number of aromatic nitrogens is 2. The monoisotopic (exact) mass is 313 g/mol. The Balaban J connectivity index is 3.09. The molecule has 1 aromatic heterocycles. The van der Waals surface area contributed by atoms with E-state index in [0.717, 1.165) is 4.68 Å². The molecule has 0 bridgehead atoms. The first-order valence-corrected chi connectivity index (χ1v) is 7.76. The lowest BCUT2D eigenvalue weighted by Crippen LogP contribution is -2.44. The summed E-state index contributed by atoms with van der Waals surface area (Å²) in [6.07, 6.45) is 2.15. The van der Waals surface area contributed by atoms with E-state index in [2.05, 4.69) is 10.4 Å². The summed E-state index contributed by atoms with van der Waals surface area (Å²) < 4.78 is 1.08. The van der Waals surface area contributed by atoms with Gasteiger partial charge in [-0.2, -0.15) is 16.9 Å². The van der Waals surface area contributed by atoms with E-state index in [-0.39, 0.29) is 5.56 Å². The Morgan fingerprint density at radius 1 is 1.43 bits per heavy atom. The van der Waals surface area contributed by atoms with Crippen molar-refractivity contribution in [2.24, 2.45) is 7.05 Å². The number of rotatable bonds is 6. The molecule has 1 aromatic rings. The van der Waals surface area contributed by atoms with E-state index in [1.807, 2.05) is 6.26 Å². The SMILES string of the molecule is CSCCC(NC(=O)c1c(C)c(C)nn(C)c1=O)C(=O)O. The fourth-order valence-corrected chi connectivity index (χ4v) is 2.31. The zero-order valence-electron chi connectivity index (χ0n) is 12.5. The van der Waals surface area contributed by atoms with Crippen LogP contribution in [-0.4, -0.2) is 44.8 Å². The van der Waals surface area contributed by atoms with Crippen molar-refractivity contribution < 1.29 is 14.7 Å². The summed E-state index contributed by atoms with van der Waals surface area (Å²) >= 11 is 1.49. The number of carboxylic acids is 1. The fraction of sp³-hybridized carbons (Fsp3) is 0.538. The van der Waals surface area contributed by atoms with Crippen molar-refractivity contribution in [2.45, 2.75) is 26.3 Å². The quantitative estimate of drug-likeness (QED) is 0.785. The number of aryl methyl sites for hydroxylation is 2. The predicted molar refractivity (Wildman–Crippen MR) is 80.8 cm³/mol. The summed E-state index contributed by atoms with van der Waals surface area (Å²) in [6.45, 7) is 3.31. The summed E-state index contributed by atoms with van der Waals surface area (Å²) in [5.74, 6) is -1.19. The van der Waals surface area contributed by atoms with Gasteiger partial charge in [-0.05, 0) is 37.8 Å². The van der Waals surface area contributed by atoms with Gasteiger partial charge in [-0.25, -0.2) is 9.48 Å². The van der Waals surface area contributed by atoms with Crippen LogP contribution in [0.15, 0.2) is 4.79 Å². The molecule has 0 aromatic carbocycles. The number of nitrogens with zero attached hydrogens (tertiary/aromatic N) is 2. The zero-order valence-corrected chi connectivity index (χ0v) is 13.3. The highest BCUT2D eigenvalue weighted by Crippen LogP contribution is 2.07. The van der Waals surface area contributed by atoms with Gasteiger partial charge in [0.2, 0.25) is 0 Å². The van der Waals surface area contributed by atoms with E-state index in [1.54, 1.807) is 13.8 Å². The normalized spacial score (nSPS) is 12.0. The molecule has 0 aliphatic carbocycles. The van der Waals surface area contributed by atoms with Gasteiger partial charge in [-0.1, -0.05) is 0 Å². The Labute approximate surface area is 126 Å². The molecule has 1 unspecified atom stereocenters. The first kappa shape index (κ1) is 17.2. The lowest BCUT2D eigenvalue weighted by Gasteiger charge is -2.15. The Kier molecular flexibility index (Phi) is 5.95. The Bertz CT molecular complexity index is 612. The molecule has 0 spiro atoms. The first-order chi connectivity index (χ1) is 9.79. The third-order valence-electron chi connectivity index (χ3n) is 3.17. The zero-order chi connectivity index (χ0) is 16.2. The molecule has 0 saturated heterocycles. The van der Waals surface area contributed by atoms with Crippen molar-refractivity contribution in [3.05, 3.63) is 27.2 Å². The lowest BCUT2D eigenvalue weighted by molar-refractivity contribution is -0.139. The highest BCUT2D eigenvalue weighted by molar-refractivity contribution is 7.98. The number of carbonyl (C=O) groups excluding carboxylic acids is 1. The molecule has 1 heterocycles. The van der Waals surface area contributed by atoms with Crippen molar-refractivity contribution >= 4 is 23.6 Å². The van der Waals surface area contributed by atoms with Gasteiger partial charge in [0, 0.05) is 7.05 Å². The highest BCUT2D eigenvalue weighted by atomic mass is 32.2. The maximum atomic E-state index is 12.2. The maximum Gasteiger partial charge on any atom is 0.326 e. The summed E-state index contributed by atoms with van der Waals surface area (Å²) in [5.41, 5.74) is 0.424. The molecule has 0 saturated carbocycles. The van der Waals surface area contributed by atoms with Crippen LogP contribution in [0.1, 0.15) is 28.0 Å². The largest absolute Gasteiger partial charge is 0.480 e. The fourth-order valence-electron chi connectivity index (χ4n) is 1.84. The summed E-state index contributed by atoms with van der Waals surface area (Å²) in [5, 5.41) is 15.5. The van der Waals surface area contributed by atoms with Gasteiger partial charge in [0.15, 0.2) is 0 Å². The highest BCUT2D eigenvalue weighted by Gasteiger charge is 2.24. The van der Waals surface area contributed by atoms with Crippen molar-refractivity contribution in [2.75, 3.05) is 12.0 Å². The van der Waals surface area contributed by atoms with Crippen LogP contribution in [0.2, 0.25) is 0 Å². The van der Waals surface area contributed by atoms with Crippen molar-refractivity contribution in [3.63, 3.8) is 0 Å². The van der Waals surface area contributed by atoms with Crippen LogP contribution in [-0.2, 0) is 11.8 Å². The van der Waals surface area contributed by atoms with Gasteiger partial charge in [-0.3, -0.25) is 9.59 Å². The molecule has 21 heavy (non-hydrogen) atoms. The van der Waals surface area contributed by atoms with Gasteiger partial charge in [0.25, 0.3) is 11.5 Å². The minimum absolute atomic E-state index is 0.0552. The molecule has 2 N–H and O–H groups in total. The summed E-state index contributed by atoms with van der Waals surface area (Å²) in [7, 11) is 1.45. The third-order valence-corrected chi connectivity index (χ3v) is 3.81. The minimum Gasteiger partial charge on any atom is -0.480 e. The molecule has 8 heteroatoms. The smallest absolute Gasteiger partial charge is 0.326 e. The minimum atomic E-state index is -1.11. The van der Waals surface area contributed by atoms with E-state index in [1.165, 1.54) is 18.8 Å². The number of amides is 1. The number of hydrogen-bond acceptors (Lipinski definition) is 5. The summed E-state index contributed by atoms with van der Waals surface area (Å²) in [6, 6.07) is -1.01. The van der Waals surface area contributed by atoms with E-state index in [4.69, 9.17) is 5.11 Å². The average Bonchev–Trinajstić information content (AvgIpc) is 2.41. The molecule has 1 amide bonds. The van der Waals surface area contributed by atoms with Gasteiger partial charge in [-0.15, -0.1) is 0 Å². The molecular weight excluding hydrogens is 294 g/mol. The number of aliphatic carboxylic acids is 1. The van der Waals surface area contributed by atoms with Crippen LogP contribution in [0, 0.1) is 13.8 Å². The van der Waals surface area contributed by atoms with Gasteiger partial charge in [0.1, 0.15) is 11.6 Å². The third kappa shape index (κ3) is 4.07. The van der Waals surface area contributed by atoms with Crippen LogP contribution in [0.25, 0.3) is 0 Å². The molecule has 0 radical (unpaired) electrons. The molecule has 0 aliphatic rings. The van der Waals surface area contributed by atoms with Crippen LogP contribution in [0.3, 0.4) is 0 Å². The van der Waals surface area contributed by atoms with Crippen molar-refractivity contribution in [1.82, 2.24) is 15.1 Å². The first-order valence-electron chi connectivity index (χ1n) is 6.36. The molecule has 0 aliphatic heterocycles. The average molecular weight is 313 g/mol. The topological polar surface area (TPSA) is 101 Å². The molecular formula is C13H19N3O4S. The van der Waals surface area contributed by atoms with Crippen LogP contribution < -0.4 is 10.9 Å². The van der Waals surface area contributed by atoms with Crippen molar-refractivity contribution in [1.29, 1.82) is 0 Å². The van der Waals surface area contributed by atoms with E-state index in [9.17, 15) is 14.4 Å². The van der Waals surface area contributed by atoms with E-state index in [0.29, 0.717) is 23.4 Å². The second-order valence-corrected chi connectivity index (χ2v) is 5.65. The van der Waals surface area contributed by atoms with Crippen LogP contribution >= 0.6 is 11.8 Å². The number of carboxylic acid groups (broad SMARTS) is 1. The van der Waals surface area contributed by atoms with Gasteiger partial charge < -0.3 is 10.4 Å². The predicted octanol–water partition coefficient (Wildman–Crippen LogP) is 0.333. The standard InChI is InChI=1S/C13H19N3O4S/c1-7-8(2)15-16(3)12(18)10(7)11(17)14-9(13(19)20)5-6-21-4/h9H,5-6H2,1-4H3,(H,14,17)(H,19,20). The lowest BCUT2D eigenvalue weighted by atomic mass is 10.1. The number of hydrogen-bond donors (Lipinski definition) is 2. The maximum absolute atomic E-state index is 12.2. The number of nitrogens with one attached hydrogen (secondary N) is 1. The van der Waals surface area contributed by atoms with Gasteiger partial charge in [0.05, 0.1) is 5.69 Å². The second-order valence-electron chi connectivity index (χ2n) is 4.66. The summed E-state index contributed by atoms with van der Waals surface area (Å²) in [4.78, 5) is 35.4. The van der Waals surface area contributed by atoms with E-state index >= 15 is 0 Å². The Hall–Kier alpha value is -1.83. The molecule has 1 rings (SSSR count). The molecule has 116 valence electrons. The number of carbonyl (C=O) groups is 2. The Morgan fingerprint density at radius 2 is 2.05 bits per heavy atom. The molecule has 1 atom stereocenters. The number of thioether (sulfide) groups is 1. The molecule has 0 fully saturated rings. The van der Waals surface area contributed by atoms with E-state index < -0.39 is 23.5 Å². The second kappa shape index (κ2) is 7.26. The van der Waals surface area contributed by atoms with Gasteiger partial charge >= 0.3 is 5.97 Å².